The molecule has 0 N–H and O–H groups in total. The van der Waals surface area contributed by atoms with Crippen LogP contribution in [-0.4, -0.2) is 9.55 Å². The lowest BCUT2D eigenvalue weighted by molar-refractivity contribution is 1.19. The summed E-state index contributed by atoms with van der Waals surface area (Å²) in [5.74, 6) is 0. The van der Waals surface area contributed by atoms with Crippen molar-refractivity contribution in [2.24, 2.45) is 0 Å². The Balaban J connectivity index is 1.04. The molecular weight excluding hydrogens is 665 g/mol. The first-order valence-electron chi connectivity index (χ1n) is 18.9. The Hall–Kier alpha value is -7.29. The van der Waals surface area contributed by atoms with Crippen molar-refractivity contribution in [2.45, 2.75) is 0 Å². The highest BCUT2D eigenvalue weighted by atomic mass is 15.0. The molecule has 2 heteroatoms. The van der Waals surface area contributed by atoms with Crippen molar-refractivity contribution >= 4 is 54.1 Å². The standard InChI is InChI=1S/C53H34N2/c1-3-13-35(14-4-1)36-23-25-38(26-24-36)51-43-19-9-11-21-45(43)52(46-22-12-10-20-44(46)51)40-28-31-49(54-34-40)39-29-32-50-48(33-39)47-30-27-37-15-7-8-18-42(37)53(47)55(50)41-16-5-2-6-17-41/h1-34H. The number of fused-ring (bicyclic) bond motifs is 7. The number of benzene rings is 9. The van der Waals surface area contributed by atoms with Crippen LogP contribution in [0.2, 0.25) is 0 Å². The number of nitrogens with zero attached hydrogens (tertiary/aromatic N) is 2. The van der Waals surface area contributed by atoms with Gasteiger partial charge in [-0.1, -0.05) is 170 Å². The largest absolute Gasteiger partial charge is 0.309 e. The summed E-state index contributed by atoms with van der Waals surface area (Å²) in [4.78, 5) is 5.15. The first-order chi connectivity index (χ1) is 27.3. The molecule has 0 amide bonds. The van der Waals surface area contributed by atoms with E-state index in [1.807, 2.05) is 0 Å². The quantitative estimate of drug-likeness (QED) is 0.164. The minimum atomic E-state index is 0.954. The lowest BCUT2D eigenvalue weighted by atomic mass is 9.86. The Morgan fingerprint density at radius 1 is 0.327 bits per heavy atom. The number of hydrogen-bond acceptors (Lipinski definition) is 1. The molecule has 0 aliphatic heterocycles. The van der Waals surface area contributed by atoms with Gasteiger partial charge in [-0.2, -0.15) is 0 Å². The van der Waals surface area contributed by atoms with Gasteiger partial charge >= 0.3 is 0 Å². The molecule has 0 aliphatic rings. The molecule has 0 fully saturated rings. The van der Waals surface area contributed by atoms with E-state index in [1.54, 1.807) is 0 Å². The third-order valence-electron chi connectivity index (χ3n) is 11.2. The average molecular weight is 699 g/mol. The Morgan fingerprint density at radius 2 is 0.855 bits per heavy atom. The monoisotopic (exact) mass is 698 g/mol. The summed E-state index contributed by atoms with van der Waals surface area (Å²) < 4.78 is 2.41. The maximum Gasteiger partial charge on any atom is 0.0702 e. The van der Waals surface area contributed by atoms with Crippen molar-refractivity contribution in [1.29, 1.82) is 0 Å². The lowest BCUT2D eigenvalue weighted by Gasteiger charge is -2.18. The predicted octanol–water partition coefficient (Wildman–Crippen LogP) is 14.3. The van der Waals surface area contributed by atoms with E-state index in [9.17, 15) is 0 Å². The van der Waals surface area contributed by atoms with E-state index in [0.717, 1.165) is 22.5 Å². The van der Waals surface area contributed by atoms with E-state index < -0.39 is 0 Å². The third kappa shape index (κ3) is 5.07. The summed E-state index contributed by atoms with van der Waals surface area (Å²) in [5, 5.41) is 9.86. The fourth-order valence-electron chi connectivity index (χ4n) is 8.71. The van der Waals surface area contributed by atoms with Crippen LogP contribution in [0.1, 0.15) is 0 Å². The van der Waals surface area contributed by atoms with Crippen molar-refractivity contribution in [2.75, 3.05) is 0 Å². The highest BCUT2D eigenvalue weighted by Gasteiger charge is 2.19. The zero-order valence-corrected chi connectivity index (χ0v) is 30.0. The molecule has 0 unspecified atom stereocenters. The van der Waals surface area contributed by atoms with Gasteiger partial charge in [-0.05, 0) is 85.1 Å². The SMILES string of the molecule is c1ccc(-c2ccc(-c3c4ccccc4c(-c4ccc(-c5ccc6c(c5)c5ccc7ccccc7c5n6-c5ccccc5)nc4)c4ccccc34)cc2)cc1. The van der Waals surface area contributed by atoms with E-state index in [4.69, 9.17) is 4.98 Å². The van der Waals surface area contributed by atoms with Gasteiger partial charge in [0.25, 0.3) is 0 Å². The Morgan fingerprint density at radius 3 is 1.51 bits per heavy atom. The number of para-hydroxylation sites is 1. The fraction of sp³-hybridized carbons (Fsp3) is 0. The molecule has 0 saturated carbocycles. The molecule has 11 aromatic rings. The summed E-state index contributed by atoms with van der Waals surface area (Å²) in [6, 6.07) is 72.3. The molecule has 0 spiro atoms. The van der Waals surface area contributed by atoms with Crippen molar-refractivity contribution in [1.82, 2.24) is 9.55 Å². The van der Waals surface area contributed by atoms with Gasteiger partial charge in [0.05, 0.1) is 16.7 Å². The number of aromatic nitrogens is 2. The molecule has 256 valence electrons. The molecule has 0 radical (unpaired) electrons. The Labute approximate surface area is 319 Å². The molecule has 0 aliphatic carbocycles. The first-order valence-corrected chi connectivity index (χ1v) is 18.9. The molecule has 11 rings (SSSR count). The van der Waals surface area contributed by atoms with Crippen molar-refractivity contribution in [3.05, 3.63) is 206 Å². The van der Waals surface area contributed by atoms with Crippen LogP contribution in [0.15, 0.2) is 206 Å². The molecule has 0 bridgehead atoms. The Bertz CT molecular complexity index is 3160. The van der Waals surface area contributed by atoms with Gasteiger partial charge in [-0.15, -0.1) is 0 Å². The predicted molar refractivity (Wildman–Crippen MR) is 233 cm³/mol. The van der Waals surface area contributed by atoms with E-state index in [2.05, 4.69) is 211 Å². The second-order valence-electron chi connectivity index (χ2n) is 14.3. The lowest BCUT2D eigenvalue weighted by Crippen LogP contribution is -1.94. The highest BCUT2D eigenvalue weighted by Crippen LogP contribution is 2.44. The van der Waals surface area contributed by atoms with Crippen LogP contribution in [0.4, 0.5) is 0 Å². The van der Waals surface area contributed by atoms with Gasteiger partial charge in [0, 0.05) is 39.2 Å². The number of pyridine rings is 1. The van der Waals surface area contributed by atoms with Gasteiger partial charge in [0.15, 0.2) is 0 Å². The second kappa shape index (κ2) is 12.7. The minimum Gasteiger partial charge on any atom is -0.309 e. The molecule has 2 nitrogen and oxygen atoms in total. The van der Waals surface area contributed by atoms with Crippen LogP contribution in [0.3, 0.4) is 0 Å². The van der Waals surface area contributed by atoms with Gasteiger partial charge in [-0.3, -0.25) is 4.98 Å². The summed E-state index contributed by atoms with van der Waals surface area (Å²) >= 11 is 0. The minimum absolute atomic E-state index is 0.954. The van der Waals surface area contributed by atoms with E-state index in [0.29, 0.717) is 0 Å². The maximum absolute atomic E-state index is 5.15. The summed E-state index contributed by atoms with van der Waals surface area (Å²) in [6.45, 7) is 0. The van der Waals surface area contributed by atoms with Crippen LogP contribution in [0, 0.1) is 0 Å². The molecule has 9 aromatic carbocycles. The van der Waals surface area contributed by atoms with Gasteiger partial charge in [0.1, 0.15) is 0 Å². The second-order valence-corrected chi connectivity index (χ2v) is 14.3. The number of hydrogen-bond donors (Lipinski definition) is 0. The van der Waals surface area contributed by atoms with E-state index in [-0.39, 0.29) is 0 Å². The average Bonchev–Trinajstić information content (AvgIpc) is 3.60. The van der Waals surface area contributed by atoms with E-state index >= 15 is 0 Å². The van der Waals surface area contributed by atoms with Crippen LogP contribution >= 0.6 is 0 Å². The summed E-state index contributed by atoms with van der Waals surface area (Å²) in [5.41, 5.74) is 12.9. The molecule has 2 aromatic heterocycles. The zero-order chi connectivity index (χ0) is 36.3. The van der Waals surface area contributed by atoms with Crippen LogP contribution in [0.25, 0.3) is 104 Å². The topological polar surface area (TPSA) is 17.8 Å². The summed E-state index contributed by atoms with van der Waals surface area (Å²) in [7, 11) is 0. The maximum atomic E-state index is 5.15. The van der Waals surface area contributed by atoms with Crippen LogP contribution in [0.5, 0.6) is 0 Å². The smallest absolute Gasteiger partial charge is 0.0702 e. The van der Waals surface area contributed by atoms with Crippen molar-refractivity contribution in [3.63, 3.8) is 0 Å². The number of rotatable bonds is 5. The molecular formula is C53H34N2. The molecule has 0 atom stereocenters. The van der Waals surface area contributed by atoms with Crippen molar-refractivity contribution < 1.29 is 0 Å². The Kier molecular flexibility index (Phi) is 7.21. The van der Waals surface area contributed by atoms with Gasteiger partial charge in [-0.25, -0.2) is 0 Å². The van der Waals surface area contributed by atoms with E-state index in [1.165, 1.54) is 81.9 Å². The van der Waals surface area contributed by atoms with Gasteiger partial charge < -0.3 is 4.57 Å². The van der Waals surface area contributed by atoms with Crippen molar-refractivity contribution in [3.8, 4) is 50.3 Å². The third-order valence-corrected chi connectivity index (χ3v) is 11.2. The first kappa shape index (κ1) is 31.3. The molecule has 0 saturated heterocycles. The molecule has 2 heterocycles. The van der Waals surface area contributed by atoms with Crippen LogP contribution < -0.4 is 0 Å². The summed E-state index contributed by atoms with van der Waals surface area (Å²) in [6.07, 6.45) is 2.06. The highest BCUT2D eigenvalue weighted by molar-refractivity contribution is 6.22. The van der Waals surface area contributed by atoms with Gasteiger partial charge in [0.2, 0.25) is 0 Å². The van der Waals surface area contributed by atoms with Crippen LogP contribution in [-0.2, 0) is 0 Å². The molecule has 55 heavy (non-hydrogen) atoms. The normalized spacial score (nSPS) is 11.6. The zero-order valence-electron chi connectivity index (χ0n) is 30.0. The fourth-order valence-corrected chi connectivity index (χ4v) is 8.71.